The van der Waals surface area contributed by atoms with Gasteiger partial charge in [0.05, 0.1) is 12.4 Å². The van der Waals surface area contributed by atoms with E-state index >= 15 is 0 Å². The van der Waals surface area contributed by atoms with Crippen LogP contribution in [0.15, 0.2) is 29.4 Å². The van der Waals surface area contributed by atoms with Crippen LogP contribution in [-0.2, 0) is 4.79 Å². The van der Waals surface area contributed by atoms with E-state index in [0.717, 1.165) is 17.3 Å². The maximum absolute atomic E-state index is 12.6. The Morgan fingerprint density at radius 2 is 1.77 bits per heavy atom. The quantitative estimate of drug-likeness (QED) is 0.657. The predicted octanol–water partition coefficient (Wildman–Crippen LogP) is 3.71. The fourth-order valence-corrected chi connectivity index (χ4v) is 3.83. The molecule has 1 heterocycles. The van der Waals surface area contributed by atoms with Gasteiger partial charge in [0, 0.05) is 17.8 Å². The van der Waals surface area contributed by atoms with Crippen LogP contribution in [0, 0.1) is 6.92 Å². The number of ether oxygens (including phenoxy) is 1. The van der Waals surface area contributed by atoms with E-state index in [9.17, 15) is 4.79 Å². The molecular weight excluding hydrogens is 348 g/mol. The molecule has 2 rings (SSSR count). The molecule has 26 heavy (non-hydrogen) atoms. The lowest BCUT2D eigenvalue weighted by Gasteiger charge is -2.30. The lowest BCUT2D eigenvalue weighted by Crippen LogP contribution is -2.43. The molecule has 2 aromatic rings. The molecule has 0 atom stereocenters. The second-order valence-electron chi connectivity index (χ2n) is 6.57. The van der Waals surface area contributed by atoms with E-state index < -0.39 is 0 Å². The topological polar surface area (TPSA) is 60.2 Å². The summed E-state index contributed by atoms with van der Waals surface area (Å²) < 4.78 is 7.45. The molecule has 0 saturated carbocycles. The van der Waals surface area contributed by atoms with Gasteiger partial charge in [0.2, 0.25) is 5.91 Å². The summed E-state index contributed by atoms with van der Waals surface area (Å²) in [6.07, 6.45) is 0. The third-order valence-electron chi connectivity index (χ3n) is 3.93. The maximum atomic E-state index is 12.6. The molecule has 0 fully saturated rings. The Morgan fingerprint density at radius 3 is 2.31 bits per heavy atom. The van der Waals surface area contributed by atoms with Crippen LogP contribution in [0.3, 0.4) is 0 Å². The number of aryl methyl sites for hydroxylation is 1. The van der Waals surface area contributed by atoms with Gasteiger partial charge in [-0.15, -0.1) is 10.2 Å². The molecule has 0 spiro atoms. The van der Waals surface area contributed by atoms with Crippen LogP contribution in [0.1, 0.15) is 40.4 Å². The molecule has 0 radical (unpaired) electrons. The molecule has 0 aliphatic carbocycles. The number of aromatic nitrogens is 3. The smallest absolute Gasteiger partial charge is 0.233 e. The van der Waals surface area contributed by atoms with Crippen molar-refractivity contribution in [1.82, 2.24) is 19.7 Å². The Hall–Kier alpha value is -2.02. The van der Waals surface area contributed by atoms with Crippen LogP contribution >= 0.6 is 11.8 Å². The molecule has 0 aliphatic heterocycles. The standard InChI is InChI=1S/C19H28N4O2S/c1-7-25-17-10-8-16(9-11-17)23-15(6)20-21-19(23)26-12-18(24)22(13(2)3)14(4)5/h8-11,13-14H,7,12H2,1-6H3. The number of carbonyl (C=O) groups excluding carboxylic acids is 1. The van der Waals surface area contributed by atoms with Crippen molar-refractivity contribution in [2.45, 2.75) is 58.8 Å². The molecule has 1 aromatic heterocycles. The van der Waals surface area contributed by atoms with E-state index in [4.69, 9.17) is 4.74 Å². The van der Waals surface area contributed by atoms with Crippen LogP contribution < -0.4 is 4.74 Å². The fraction of sp³-hybridized carbons (Fsp3) is 0.526. The minimum Gasteiger partial charge on any atom is -0.494 e. The SMILES string of the molecule is CCOc1ccc(-n2c(C)nnc2SCC(=O)N(C(C)C)C(C)C)cc1. The summed E-state index contributed by atoms with van der Waals surface area (Å²) in [5, 5.41) is 9.14. The van der Waals surface area contributed by atoms with Crippen molar-refractivity contribution >= 4 is 17.7 Å². The first-order valence-corrected chi connectivity index (χ1v) is 9.92. The van der Waals surface area contributed by atoms with Crippen LogP contribution in [-0.4, -0.2) is 50.0 Å². The highest BCUT2D eigenvalue weighted by atomic mass is 32.2. The Morgan fingerprint density at radius 1 is 1.15 bits per heavy atom. The summed E-state index contributed by atoms with van der Waals surface area (Å²) in [4.78, 5) is 14.5. The van der Waals surface area contributed by atoms with Crippen molar-refractivity contribution in [3.8, 4) is 11.4 Å². The van der Waals surface area contributed by atoms with Crippen LogP contribution in [0.25, 0.3) is 5.69 Å². The lowest BCUT2D eigenvalue weighted by atomic mass is 10.2. The highest BCUT2D eigenvalue weighted by Gasteiger charge is 2.21. The molecule has 7 heteroatoms. The van der Waals surface area contributed by atoms with Crippen LogP contribution in [0.5, 0.6) is 5.75 Å². The first kappa shape index (κ1) is 20.3. The van der Waals surface area contributed by atoms with Gasteiger partial charge < -0.3 is 9.64 Å². The van der Waals surface area contributed by atoms with Gasteiger partial charge in [-0.1, -0.05) is 11.8 Å². The highest BCUT2D eigenvalue weighted by Crippen LogP contribution is 2.24. The van der Waals surface area contributed by atoms with Crippen molar-refractivity contribution in [3.05, 3.63) is 30.1 Å². The van der Waals surface area contributed by atoms with Crippen molar-refractivity contribution in [1.29, 1.82) is 0 Å². The summed E-state index contributed by atoms with van der Waals surface area (Å²) in [5.41, 5.74) is 0.954. The van der Waals surface area contributed by atoms with Gasteiger partial charge in [-0.2, -0.15) is 0 Å². The zero-order valence-corrected chi connectivity index (χ0v) is 17.2. The average Bonchev–Trinajstić information content (AvgIpc) is 2.94. The first-order chi connectivity index (χ1) is 12.3. The lowest BCUT2D eigenvalue weighted by molar-refractivity contribution is -0.131. The Bertz CT molecular complexity index is 718. The molecular formula is C19H28N4O2S. The zero-order chi connectivity index (χ0) is 19.3. The second-order valence-corrected chi connectivity index (χ2v) is 7.51. The molecule has 142 valence electrons. The van der Waals surface area contributed by atoms with E-state index in [2.05, 4.69) is 10.2 Å². The molecule has 0 unspecified atom stereocenters. The van der Waals surface area contributed by atoms with E-state index in [1.165, 1.54) is 11.8 Å². The highest BCUT2D eigenvalue weighted by molar-refractivity contribution is 7.99. The minimum absolute atomic E-state index is 0.110. The second kappa shape index (κ2) is 9.07. The average molecular weight is 377 g/mol. The van der Waals surface area contributed by atoms with E-state index in [-0.39, 0.29) is 18.0 Å². The number of benzene rings is 1. The molecule has 0 aliphatic rings. The first-order valence-electron chi connectivity index (χ1n) is 8.94. The number of hydrogen-bond acceptors (Lipinski definition) is 5. The van der Waals surface area contributed by atoms with Crippen molar-refractivity contribution < 1.29 is 9.53 Å². The van der Waals surface area contributed by atoms with E-state index in [1.54, 1.807) is 0 Å². The summed E-state index contributed by atoms with van der Waals surface area (Å²) >= 11 is 1.42. The van der Waals surface area contributed by atoms with E-state index in [0.29, 0.717) is 17.5 Å². The van der Waals surface area contributed by atoms with Crippen molar-refractivity contribution in [3.63, 3.8) is 0 Å². The summed E-state index contributed by atoms with van der Waals surface area (Å²) in [6.45, 7) is 12.6. The molecule has 1 aromatic carbocycles. The number of amides is 1. The maximum Gasteiger partial charge on any atom is 0.233 e. The minimum atomic E-state index is 0.110. The number of nitrogens with zero attached hydrogens (tertiary/aromatic N) is 4. The molecule has 0 N–H and O–H groups in total. The zero-order valence-electron chi connectivity index (χ0n) is 16.4. The van der Waals surface area contributed by atoms with Crippen molar-refractivity contribution in [2.75, 3.05) is 12.4 Å². The van der Waals surface area contributed by atoms with Gasteiger partial charge >= 0.3 is 0 Å². The van der Waals surface area contributed by atoms with Crippen molar-refractivity contribution in [2.24, 2.45) is 0 Å². The van der Waals surface area contributed by atoms with Gasteiger partial charge in [0.25, 0.3) is 0 Å². The molecule has 0 saturated heterocycles. The molecule has 0 bridgehead atoms. The molecule has 6 nitrogen and oxygen atoms in total. The summed E-state index contributed by atoms with van der Waals surface area (Å²) in [7, 11) is 0. The third kappa shape index (κ3) is 4.78. The van der Waals surface area contributed by atoms with E-state index in [1.807, 2.05) is 75.3 Å². The Kier molecular flexibility index (Phi) is 7.08. The largest absolute Gasteiger partial charge is 0.494 e. The van der Waals surface area contributed by atoms with Gasteiger partial charge in [-0.05, 0) is 65.8 Å². The van der Waals surface area contributed by atoms with Crippen LogP contribution in [0.2, 0.25) is 0 Å². The Balaban J connectivity index is 2.16. The number of carbonyl (C=O) groups is 1. The van der Waals surface area contributed by atoms with Gasteiger partial charge in [-0.25, -0.2) is 0 Å². The van der Waals surface area contributed by atoms with Gasteiger partial charge in [0.1, 0.15) is 11.6 Å². The fourth-order valence-electron chi connectivity index (χ4n) is 2.96. The van der Waals surface area contributed by atoms with Crippen LogP contribution in [0.4, 0.5) is 0 Å². The Labute approximate surface area is 159 Å². The van der Waals surface area contributed by atoms with Gasteiger partial charge in [0.15, 0.2) is 5.16 Å². The number of thioether (sulfide) groups is 1. The molecule has 1 amide bonds. The number of rotatable bonds is 8. The monoisotopic (exact) mass is 376 g/mol. The predicted molar refractivity (Wildman–Crippen MR) is 105 cm³/mol. The summed E-state index contributed by atoms with van der Waals surface area (Å²) in [5.74, 6) is 2.06. The summed E-state index contributed by atoms with van der Waals surface area (Å²) in [6, 6.07) is 8.15. The third-order valence-corrected chi connectivity index (χ3v) is 4.84. The normalized spacial score (nSPS) is 11.2. The van der Waals surface area contributed by atoms with Gasteiger partial charge in [-0.3, -0.25) is 9.36 Å². The number of hydrogen-bond donors (Lipinski definition) is 0.